The Morgan fingerprint density at radius 1 is 1.21 bits per heavy atom. The van der Waals surface area contributed by atoms with Crippen molar-refractivity contribution in [1.82, 2.24) is 0 Å². The first-order chi connectivity index (χ1) is 9.15. The fraction of sp³-hybridized carbons (Fsp3) is 0.625. The van der Waals surface area contributed by atoms with Gasteiger partial charge in [-0.05, 0) is 43.4 Å². The van der Waals surface area contributed by atoms with Gasteiger partial charge in [0, 0.05) is 7.11 Å². The van der Waals surface area contributed by atoms with Gasteiger partial charge in [-0.15, -0.1) is 0 Å². The predicted octanol–water partition coefficient (Wildman–Crippen LogP) is 3.47. The van der Waals surface area contributed by atoms with Crippen molar-refractivity contribution in [2.24, 2.45) is 0 Å². The first-order valence-corrected chi connectivity index (χ1v) is 7.15. The molecule has 1 aliphatic carbocycles. The van der Waals surface area contributed by atoms with Gasteiger partial charge < -0.3 is 14.6 Å². The lowest BCUT2D eigenvalue weighted by Crippen LogP contribution is -2.37. The summed E-state index contributed by atoms with van der Waals surface area (Å²) < 4.78 is 11.3. The lowest BCUT2D eigenvalue weighted by Gasteiger charge is -2.35. The third-order valence-corrected chi connectivity index (χ3v) is 4.12. The monoisotopic (exact) mass is 264 g/mol. The zero-order valence-electron chi connectivity index (χ0n) is 12.1. The summed E-state index contributed by atoms with van der Waals surface area (Å²) >= 11 is 0. The molecule has 1 unspecified atom stereocenters. The summed E-state index contributed by atoms with van der Waals surface area (Å²) in [4.78, 5) is 0. The van der Waals surface area contributed by atoms with Crippen LogP contribution in [-0.4, -0.2) is 23.9 Å². The Balaban J connectivity index is 2.10. The van der Waals surface area contributed by atoms with Gasteiger partial charge in [0.05, 0.1) is 11.7 Å². The van der Waals surface area contributed by atoms with Gasteiger partial charge in [-0.2, -0.15) is 0 Å². The molecule has 3 nitrogen and oxygen atoms in total. The van der Waals surface area contributed by atoms with E-state index in [1.807, 2.05) is 38.1 Å². The number of aliphatic hydroxyl groups excluding tert-OH is 1. The van der Waals surface area contributed by atoms with Gasteiger partial charge in [-0.25, -0.2) is 0 Å². The van der Waals surface area contributed by atoms with Gasteiger partial charge in [-0.1, -0.05) is 26.0 Å². The van der Waals surface area contributed by atoms with Crippen LogP contribution in [0, 0.1) is 0 Å². The van der Waals surface area contributed by atoms with Crippen LogP contribution in [0.3, 0.4) is 0 Å². The molecule has 19 heavy (non-hydrogen) atoms. The van der Waals surface area contributed by atoms with Crippen LogP contribution in [0.25, 0.3) is 0 Å². The summed E-state index contributed by atoms with van der Waals surface area (Å²) in [5, 5.41) is 10.6. The molecule has 0 amide bonds. The van der Waals surface area contributed by atoms with Crippen molar-refractivity contribution >= 4 is 0 Å². The highest BCUT2D eigenvalue weighted by Crippen LogP contribution is 2.35. The smallest absolute Gasteiger partial charge is 0.119 e. The largest absolute Gasteiger partial charge is 0.490 e. The number of hydrogen-bond donors (Lipinski definition) is 1. The number of rotatable bonds is 7. The molecule has 2 rings (SSSR count). The van der Waals surface area contributed by atoms with Crippen molar-refractivity contribution in [2.45, 2.75) is 57.3 Å². The SMILES string of the molecule is CCC(CC)(OC)C(O)c1ccc(OC2CC2)cc1. The second-order valence-corrected chi connectivity index (χ2v) is 5.26. The molecule has 1 aromatic rings. The van der Waals surface area contributed by atoms with Crippen LogP contribution < -0.4 is 4.74 Å². The van der Waals surface area contributed by atoms with Crippen LogP contribution >= 0.6 is 0 Å². The quantitative estimate of drug-likeness (QED) is 0.819. The number of aliphatic hydroxyl groups is 1. The topological polar surface area (TPSA) is 38.7 Å². The predicted molar refractivity (Wildman–Crippen MR) is 75.4 cm³/mol. The van der Waals surface area contributed by atoms with Gasteiger partial charge in [0.2, 0.25) is 0 Å². The summed E-state index contributed by atoms with van der Waals surface area (Å²) in [5.41, 5.74) is 0.382. The maximum Gasteiger partial charge on any atom is 0.119 e. The molecular formula is C16H24O3. The molecule has 0 spiro atoms. The van der Waals surface area contributed by atoms with E-state index >= 15 is 0 Å². The lowest BCUT2D eigenvalue weighted by molar-refractivity contribution is -0.109. The lowest BCUT2D eigenvalue weighted by atomic mass is 9.86. The molecule has 1 aliphatic rings. The summed E-state index contributed by atoms with van der Waals surface area (Å²) in [7, 11) is 1.67. The molecule has 1 atom stereocenters. The molecule has 0 heterocycles. The van der Waals surface area contributed by atoms with E-state index in [0.717, 1.165) is 37.0 Å². The van der Waals surface area contributed by atoms with Crippen LogP contribution in [0.15, 0.2) is 24.3 Å². The zero-order chi connectivity index (χ0) is 13.9. The van der Waals surface area contributed by atoms with Crippen LogP contribution in [0.4, 0.5) is 0 Å². The van der Waals surface area contributed by atoms with Gasteiger partial charge in [0.15, 0.2) is 0 Å². The Hall–Kier alpha value is -1.06. The highest BCUT2D eigenvalue weighted by atomic mass is 16.5. The van der Waals surface area contributed by atoms with Gasteiger partial charge in [-0.3, -0.25) is 0 Å². The maximum absolute atomic E-state index is 10.6. The van der Waals surface area contributed by atoms with E-state index < -0.39 is 11.7 Å². The van der Waals surface area contributed by atoms with Crippen LogP contribution in [-0.2, 0) is 4.74 Å². The molecule has 106 valence electrons. The van der Waals surface area contributed by atoms with Crippen molar-refractivity contribution in [3.8, 4) is 5.75 Å². The molecular weight excluding hydrogens is 240 g/mol. The van der Waals surface area contributed by atoms with E-state index in [1.165, 1.54) is 0 Å². The Morgan fingerprint density at radius 3 is 2.21 bits per heavy atom. The van der Waals surface area contributed by atoms with E-state index in [2.05, 4.69) is 0 Å². The standard InChI is InChI=1S/C16H24O3/c1-4-16(5-2,18-3)15(17)12-6-8-13(9-7-12)19-14-10-11-14/h6-9,14-15,17H,4-5,10-11H2,1-3H3. The number of hydrogen-bond acceptors (Lipinski definition) is 3. The van der Waals surface area contributed by atoms with E-state index in [0.29, 0.717) is 6.10 Å². The Kier molecular flexibility index (Phi) is 4.48. The van der Waals surface area contributed by atoms with Crippen molar-refractivity contribution in [3.63, 3.8) is 0 Å². The fourth-order valence-electron chi connectivity index (χ4n) is 2.45. The van der Waals surface area contributed by atoms with E-state index in [-0.39, 0.29) is 0 Å². The van der Waals surface area contributed by atoms with Crippen LogP contribution in [0.2, 0.25) is 0 Å². The molecule has 0 bridgehead atoms. The third kappa shape index (κ3) is 3.10. The van der Waals surface area contributed by atoms with Crippen molar-refractivity contribution in [3.05, 3.63) is 29.8 Å². The van der Waals surface area contributed by atoms with Crippen LogP contribution in [0.5, 0.6) is 5.75 Å². The number of ether oxygens (including phenoxy) is 2. The minimum Gasteiger partial charge on any atom is -0.490 e. The second kappa shape index (κ2) is 5.93. The normalized spacial score (nSPS) is 17.3. The summed E-state index contributed by atoms with van der Waals surface area (Å²) in [6.45, 7) is 4.08. The zero-order valence-corrected chi connectivity index (χ0v) is 12.1. The molecule has 1 fully saturated rings. The first kappa shape index (κ1) is 14.4. The Morgan fingerprint density at radius 2 is 1.79 bits per heavy atom. The van der Waals surface area contributed by atoms with Crippen LogP contribution in [0.1, 0.15) is 51.2 Å². The van der Waals surface area contributed by atoms with E-state index in [1.54, 1.807) is 7.11 Å². The summed E-state index contributed by atoms with van der Waals surface area (Å²) in [6, 6.07) is 7.73. The molecule has 1 N–H and O–H groups in total. The molecule has 0 aromatic heterocycles. The highest BCUT2D eigenvalue weighted by molar-refractivity contribution is 5.30. The van der Waals surface area contributed by atoms with Gasteiger partial charge in [0.1, 0.15) is 11.9 Å². The summed E-state index contributed by atoms with van der Waals surface area (Å²) in [5.74, 6) is 0.884. The highest BCUT2D eigenvalue weighted by Gasteiger charge is 2.35. The average Bonchev–Trinajstić information content (AvgIpc) is 3.26. The minimum absolute atomic E-state index is 0.403. The molecule has 0 aliphatic heterocycles. The molecule has 0 saturated heterocycles. The Labute approximate surface area is 115 Å². The van der Waals surface area contributed by atoms with Crippen molar-refractivity contribution < 1.29 is 14.6 Å². The molecule has 1 aromatic carbocycles. The number of methoxy groups -OCH3 is 1. The van der Waals surface area contributed by atoms with Crippen molar-refractivity contribution in [2.75, 3.05) is 7.11 Å². The van der Waals surface area contributed by atoms with E-state index in [9.17, 15) is 5.11 Å². The van der Waals surface area contributed by atoms with Crippen molar-refractivity contribution in [1.29, 1.82) is 0 Å². The number of benzene rings is 1. The first-order valence-electron chi connectivity index (χ1n) is 7.15. The third-order valence-electron chi connectivity index (χ3n) is 4.12. The second-order valence-electron chi connectivity index (χ2n) is 5.26. The summed E-state index contributed by atoms with van der Waals surface area (Å²) in [6.07, 6.45) is 3.66. The van der Waals surface area contributed by atoms with Gasteiger partial charge in [0.25, 0.3) is 0 Å². The van der Waals surface area contributed by atoms with Gasteiger partial charge >= 0.3 is 0 Å². The van der Waals surface area contributed by atoms with E-state index in [4.69, 9.17) is 9.47 Å². The Bertz CT molecular complexity index is 383. The molecule has 3 heteroatoms. The molecule has 0 radical (unpaired) electrons. The molecule has 1 saturated carbocycles. The fourth-order valence-corrected chi connectivity index (χ4v) is 2.45. The average molecular weight is 264 g/mol. The minimum atomic E-state index is -0.609. The maximum atomic E-state index is 10.6.